The predicted molar refractivity (Wildman–Crippen MR) is 198 cm³/mol. The molecule has 8 aromatic rings. The van der Waals surface area contributed by atoms with Crippen LogP contribution < -0.4 is 0 Å². The van der Waals surface area contributed by atoms with E-state index in [2.05, 4.69) is 133 Å². The topological polar surface area (TPSA) is 35.1 Å². The van der Waals surface area contributed by atoms with E-state index >= 15 is 0 Å². The number of hydrogen-bond donors (Lipinski definition) is 0. The quantitative estimate of drug-likeness (QED) is 0.196. The number of hydrogen-bond acceptors (Lipinski definition) is 3. The average Bonchev–Trinajstić information content (AvgIpc) is 3.81. The Labute approximate surface area is 277 Å². The molecule has 226 valence electrons. The van der Waals surface area contributed by atoms with Crippen LogP contribution in [0.5, 0.6) is 0 Å². The number of rotatable bonds is 3. The molecule has 0 radical (unpaired) electrons. The molecule has 0 spiro atoms. The molecule has 1 aliphatic carbocycles. The maximum atomic E-state index is 5.31. The van der Waals surface area contributed by atoms with Crippen LogP contribution in [0.25, 0.3) is 55.1 Å². The standard InChI is InChI=1S/C42H32N4S/c1-24-10-14-37-34(19-24)32-13-12-29(46-38-15-11-25(2)20-35(38)33-9-6-16-43-41(33)46)23-39(32)45(37)30-18-26(3)17-28(21-30)42-44-36-22-27-7-4-5-8-31(27)40(36)47-42/h4-21,23,36,40H,22H2,1-3H3/t36-,40+/m1/s1. The number of benzene rings is 5. The van der Waals surface area contributed by atoms with Gasteiger partial charge >= 0.3 is 0 Å². The Morgan fingerprint density at radius 3 is 2.26 bits per heavy atom. The molecular formula is C42H32N4S. The van der Waals surface area contributed by atoms with Crippen LogP contribution in [0, 0.1) is 20.8 Å². The maximum absolute atomic E-state index is 5.31. The number of nitrogens with zero attached hydrogens (tertiary/aromatic N) is 4. The van der Waals surface area contributed by atoms with Crippen molar-refractivity contribution in [3.05, 3.63) is 149 Å². The molecule has 4 heterocycles. The van der Waals surface area contributed by atoms with Gasteiger partial charge < -0.3 is 4.57 Å². The largest absolute Gasteiger partial charge is 0.309 e. The van der Waals surface area contributed by atoms with Gasteiger partial charge in [0.2, 0.25) is 0 Å². The van der Waals surface area contributed by atoms with Crippen molar-refractivity contribution in [2.45, 2.75) is 38.5 Å². The zero-order chi connectivity index (χ0) is 31.4. The molecule has 0 fully saturated rings. The van der Waals surface area contributed by atoms with Crippen LogP contribution >= 0.6 is 11.8 Å². The van der Waals surface area contributed by atoms with Crippen LogP contribution in [0.1, 0.15) is 38.6 Å². The highest BCUT2D eigenvalue weighted by atomic mass is 32.2. The molecule has 1 aliphatic heterocycles. The number of aromatic nitrogens is 3. The molecule has 0 saturated heterocycles. The third kappa shape index (κ3) is 4.02. The van der Waals surface area contributed by atoms with Crippen LogP contribution in [0.4, 0.5) is 0 Å². The monoisotopic (exact) mass is 624 g/mol. The molecule has 4 nitrogen and oxygen atoms in total. The van der Waals surface area contributed by atoms with E-state index in [1.165, 1.54) is 71.5 Å². The fourth-order valence-corrected chi connectivity index (χ4v) is 9.38. The maximum Gasteiger partial charge on any atom is 0.145 e. The number of pyridine rings is 1. The van der Waals surface area contributed by atoms with Gasteiger partial charge in [-0.05, 0) is 111 Å². The third-order valence-corrected chi connectivity index (χ3v) is 11.5. The van der Waals surface area contributed by atoms with Gasteiger partial charge in [-0.25, -0.2) is 4.98 Å². The highest BCUT2D eigenvalue weighted by molar-refractivity contribution is 8.15. The number of fused-ring (bicyclic) bond motifs is 9. The van der Waals surface area contributed by atoms with Gasteiger partial charge in [-0.3, -0.25) is 9.56 Å². The second-order valence-corrected chi connectivity index (χ2v) is 14.4. The highest BCUT2D eigenvalue weighted by Gasteiger charge is 2.38. The molecule has 0 bridgehead atoms. The first-order valence-electron chi connectivity index (χ1n) is 16.4. The molecule has 47 heavy (non-hydrogen) atoms. The Morgan fingerprint density at radius 1 is 0.617 bits per heavy atom. The highest BCUT2D eigenvalue weighted by Crippen LogP contribution is 2.49. The molecule has 0 N–H and O–H groups in total. The summed E-state index contributed by atoms with van der Waals surface area (Å²) in [5, 5.41) is 6.49. The van der Waals surface area contributed by atoms with Crippen molar-refractivity contribution in [2.24, 2.45) is 4.99 Å². The summed E-state index contributed by atoms with van der Waals surface area (Å²) in [5.74, 6) is 0. The van der Waals surface area contributed by atoms with Crippen LogP contribution in [0.2, 0.25) is 0 Å². The van der Waals surface area contributed by atoms with E-state index < -0.39 is 0 Å². The number of aryl methyl sites for hydroxylation is 3. The molecule has 0 unspecified atom stereocenters. The van der Waals surface area contributed by atoms with E-state index in [4.69, 9.17) is 9.98 Å². The molecular weight excluding hydrogens is 593 g/mol. The number of aliphatic imine (C=N–C) groups is 1. The SMILES string of the molecule is Cc1cc(C2=N[C@@H]3Cc4ccccc4[C@@H]3S2)cc(-n2c3ccc(C)cc3c3ccc(-n4c5ccc(C)cc5c5cccnc54)cc32)c1. The Hall–Kier alpha value is -5.13. The normalized spacial score (nSPS) is 17.2. The average molecular weight is 625 g/mol. The van der Waals surface area contributed by atoms with Crippen LogP contribution in [-0.2, 0) is 6.42 Å². The van der Waals surface area contributed by atoms with Crippen molar-refractivity contribution in [1.29, 1.82) is 0 Å². The first-order valence-corrected chi connectivity index (χ1v) is 17.2. The Morgan fingerprint density at radius 2 is 1.40 bits per heavy atom. The molecule has 5 aromatic carbocycles. The van der Waals surface area contributed by atoms with Gasteiger partial charge in [0.25, 0.3) is 0 Å². The van der Waals surface area contributed by atoms with Crippen molar-refractivity contribution in [3.8, 4) is 11.4 Å². The zero-order valence-corrected chi connectivity index (χ0v) is 27.3. The molecule has 3 aromatic heterocycles. The van der Waals surface area contributed by atoms with E-state index in [9.17, 15) is 0 Å². The summed E-state index contributed by atoms with van der Waals surface area (Å²) in [6.45, 7) is 6.54. The summed E-state index contributed by atoms with van der Waals surface area (Å²) < 4.78 is 4.77. The lowest BCUT2D eigenvalue weighted by atomic mass is 10.1. The van der Waals surface area contributed by atoms with Gasteiger partial charge in [-0.1, -0.05) is 65.4 Å². The van der Waals surface area contributed by atoms with E-state index in [1.807, 2.05) is 24.0 Å². The first-order chi connectivity index (χ1) is 23.0. The molecule has 2 aliphatic rings. The predicted octanol–water partition coefficient (Wildman–Crippen LogP) is 10.4. The number of thioether (sulfide) groups is 1. The summed E-state index contributed by atoms with van der Waals surface area (Å²) in [5.41, 5.74) is 14.7. The fourth-order valence-electron chi connectivity index (χ4n) is 8.01. The lowest BCUT2D eigenvalue weighted by Gasteiger charge is -2.14. The minimum absolute atomic E-state index is 0.318. The minimum Gasteiger partial charge on any atom is -0.309 e. The van der Waals surface area contributed by atoms with E-state index in [-0.39, 0.29) is 0 Å². The lowest BCUT2D eigenvalue weighted by molar-refractivity contribution is 0.725. The Kier molecular flexibility index (Phi) is 5.71. The van der Waals surface area contributed by atoms with Crippen molar-refractivity contribution >= 4 is 60.5 Å². The smallest absolute Gasteiger partial charge is 0.145 e. The van der Waals surface area contributed by atoms with Crippen molar-refractivity contribution < 1.29 is 0 Å². The van der Waals surface area contributed by atoms with Gasteiger partial charge in [0.05, 0.1) is 32.9 Å². The summed E-state index contributed by atoms with van der Waals surface area (Å²) in [6, 6.07) is 40.8. The summed E-state index contributed by atoms with van der Waals surface area (Å²) >= 11 is 1.94. The van der Waals surface area contributed by atoms with Crippen molar-refractivity contribution in [2.75, 3.05) is 0 Å². The van der Waals surface area contributed by atoms with Gasteiger partial charge in [-0.15, -0.1) is 0 Å². The fraction of sp³-hybridized carbons (Fsp3) is 0.143. The van der Waals surface area contributed by atoms with Crippen LogP contribution in [0.3, 0.4) is 0 Å². The van der Waals surface area contributed by atoms with E-state index in [0.717, 1.165) is 28.5 Å². The van der Waals surface area contributed by atoms with Gasteiger partial charge in [0, 0.05) is 44.7 Å². The molecule has 0 saturated carbocycles. The molecule has 2 atom stereocenters. The first kappa shape index (κ1) is 27.0. The van der Waals surface area contributed by atoms with Crippen molar-refractivity contribution in [1.82, 2.24) is 14.1 Å². The van der Waals surface area contributed by atoms with Gasteiger partial charge in [0.15, 0.2) is 0 Å². The van der Waals surface area contributed by atoms with Crippen molar-refractivity contribution in [3.63, 3.8) is 0 Å². The second-order valence-electron chi connectivity index (χ2n) is 13.3. The van der Waals surface area contributed by atoms with Crippen LogP contribution in [0.15, 0.2) is 120 Å². The summed E-state index contributed by atoms with van der Waals surface area (Å²) in [7, 11) is 0. The van der Waals surface area contributed by atoms with Gasteiger partial charge in [0.1, 0.15) is 5.65 Å². The lowest BCUT2D eigenvalue weighted by Crippen LogP contribution is -2.02. The third-order valence-electron chi connectivity index (χ3n) is 10.1. The Balaban J connectivity index is 1.18. The Bertz CT molecular complexity index is 2640. The zero-order valence-electron chi connectivity index (χ0n) is 26.5. The van der Waals surface area contributed by atoms with Crippen LogP contribution in [-0.4, -0.2) is 25.2 Å². The van der Waals surface area contributed by atoms with E-state index in [0.29, 0.717) is 11.3 Å². The second kappa shape index (κ2) is 9.93. The summed E-state index contributed by atoms with van der Waals surface area (Å²) in [4.78, 5) is 10.2. The molecule has 5 heteroatoms. The molecule has 10 rings (SSSR count). The van der Waals surface area contributed by atoms with E-state index in [1.54, 1.807) is 0 Å². The minimum atomic E-state index is 0.318. The molecule has 0 amide bonds. The van der Waals surface area contributed by atoms with Gasteiger partial charge in [-0.2, -0.15) is 0 Å². The summed E-state index contributed by atoms with van der Waals surface area (Å²) in [6.07, 6.45) is 2.93.